The fourth-order valence-electron chi connectivity index (χ4n) is 3.84. The van der Waals surface area contributed by atoms with Gasteiger partial charge in [0.15, 0.2) is 0 Å². The lowest BCUT2D eigenvalue weighted by molar-refractivity contribution is 0.354. The fourth-order valence-corrected chi connectivity index (χ4v) is 3.84. The summed E-state index contributed by atoms with van der Waals surface area (Å²) in [6.07, 6.45) is 11.6. The van der Waals surface area contributed by atoms with E-state index in [-0.39, 0.29) is 0 Å². The van der Waals surface area contributed by atoms with Gasteiger partial charge in [0.05, 0.1) is 0 Å². The van der Waals surface area contributed by atoms with Gasteiger partial charge < -0.3 is 0 Å². The van der Waals surface area contributed by atoms with E-state index in [1.807, 2.05) is 46.2 Å². The van der Waals surface area contributed by atoms with E-state index in [0.29, 0.717) is 0 Å². The maximum Gasteiger partial charge on any atom is 0.100 e. The van der Waals surface area contributed by atoms with Crippen LogP contribution in [0.25, 0.3) is 22.4 Å². The summed E-state index contributed by atoms with van der Waals surface area (Å²) in [4.78, 5) is 4.17. The average Bonchev–Trinajstić information content (AvgIpc) is 3.22. The van der Waals surface area contributed by atoms with E-state index in [4.69, 9.17) is 0 Å². The largest absolute Gasteiger partial charge is 0.281 e. The van der Waals surface area contributed by atoms with Crippen LogP contribution in [0.3, 0.4) is 0 Å². The van der Waals surface area contributed by atoms with E-state index in [0.717, 1.165) is 23.6 Å². The quantitative estimate of drug-likeness (QED) is 0.517. The summed E-state index contributed by atoms with van der Waals surface area (Å²) < 4.78 is 0. The normalized spacial score (nSPS) is 13.7. The van der Waals surface area contributed by atoms with Gasteiger partial charge in [0.25, 0.3) is 0 Å². The van der Waals surface area contributed by atoms with Gasteiger partial charge >= 0.3 is 0 Å². The number of aromatic nitrogens is 3. The number of pyridine rings is 1. The minimum absolute atomic E-state index is 0.781. The SMILES string of the molecule is CC.CC.c1ccc(-c2n[nH]c(CC3CCCCC3)c2-c2ccncc2)cc1. The number of hydrogen-bond acceptors (Lipinski definition) is 2. The molecule has 1 aliphatic carbocycles. The zero-order valence-corrected chi connectivity index (χ0v) is 17.9. The van der Waals surface area contributed by atoms with Crippen LogP contribution >= 0.6 is 0 Å². The van der Waals surface area contributed by atoms with Crippen LogP contribution in [0.15, 0.2) is 54.9 Å². The summed E-state index contributed by atoms with van der Waals surface area (Å²) in [6, 6.07) is 14.6. The van der Waals surface area contributed by atoms with Crippen LogP contribution in [0.5, 0.6) is 0 Å². The minimum atomic E-state index is 0.781. The predicted molar refractivity (Wildman–Crippen MR) is 120 cm³/mol. The highest BCUT2D eigenvalue weighted by atomic mass is 15.1. The van der Waals surface area contributed by atoms with Crippen molar-refractivity contribution >= 4 is 0 Å². The molecule has 150 valence electrons. The Bertz CT molecular complexity index is 772. The van der Waals surface area contributed by atoms with Crippen LogP contribution < -0.4 is 0 Å². The Hall–Kier alpha value is -2.42. The van der Waals surface area contributed by atoms with Crippen molar-refractivity contribution in [1.29, 1.82) is 0 Å². The van der Waals surface area contributed by atoms with Gasteiger partial charge in [-0.05, 0) is 30.0 Å². The van der Waals surface area contributed by atoms with E-state index >= 15 is 0 Å². The molecule has 28 heavy (non-hydrogen) atoms. The third-order valence-electron chi connectivity index (χ3n) is 5.08. The number of nitrogens with zero attached hydrogens (tertiary/aromatic N) is 2. The first-order valence-corrected chi connectivity index (χ1v) is 10.9. The molecule has 1 aliphatic rings. The number of nitrogens with one attached hydrogen (secondary N) is 1. The molecule has 0 radical (unpaired) electrons. The fraction of sp³-hybridized carbons (Fsp3) is 0.440. The standard InChI is InChI=1S/C21H23N3.2C2H6/c1-3-7-16(8-4-1)15-19-20(17-11-13-22-14-12-17)21(24-23-19)18-9-5-2-6-10-18;2*1-2/h2,5-6,9-14,16H,1,3-4,7-8,15H2,(H,23,24);2*1-2H3. The van der Waals surface area contributed by atoms with Gasteiger partial charge in [0.2, 0.25) is 0 Å². The van der Waals surface area contributed by atoms with Crippen molar-refractivity contribution in [3.63, 3.8) is 0 Å². The Morgan fingerprint density at radius 2 is 1.46 bits per heavy atom. The third kappa shape index (κ3) is 5.54. The maximum absolute atomic E-state index is 4.68. The molecule has 0 bridgehead atoms. The molecule has 3 aromatic rings. The topological polar surface area (TPSA) is 41.6 Å². The zero-order valence-electron chi connectivity index (χ0n) is 17.9. The molecule has 0 aliphatic heterocycles. The number of aromatic amines is 1. The Labute approximate surface area is 170 Å². The molecule has 0 unspecified atom stereocenters. The molecule has 2 heterocycles. The number of benzene rings is 1. The van der Waals surface area contributed by atoms with Crippen LogP contribution in [-0.2, 0) is 6.42 Å². The second-order valence-electron chi connectivity index (χ2n) is 6.74. The molecule has 1 saturated carbocycles. The maximum atomic E-state index is 4.68. The monoisotopic (exact) mass is 377 g/mol. The number of rotatable bonds is 4. The molecule has 1 aromatic carbocycles. The molecular formula is C25H35N3. The van der Waals surface area contributed by atoms with Gasteiger partial charge in [-0.1, -0.05) is 90.1 Å². The predicted octanol–water partition coefficient (Wildman–Crippen LogP) is 7.31. The van der Waals surface area contributed by atoms with E-state index in [1.165, 1.54) is 48.9 Å². The van der Waals surface area contributed by atoms with Gasteiger partial charge in [-0.2, -0.15) is 5.10 Å². The molecular weight excluding hydrogens is 342 g/mol. The lowest BCUT2D eigenvalue weighted by Gasteiger charge is -2.21. The smallest absolute Gasteiger partial charge is 0.100 e. The van der Waals surface area contributed by atoms with Crippen molar-refractivity contribution in [2.75, 3.05) is 0 Å². The van der Waals surface area contributed by atoms with E-state index in [9.17, 15) is 0 Å². The van der Waals surface area contributed by atoms with Crippen LogP contribution in [0.4, 0.5) is 0 Å². The first-order valence-electron chi connectivity index (χ1n) is 10.9. The first-order chi connectivity index (χ1) is 13.9. The van der Waals surface area contributed by atoms with Gasteiger partial charge in [0.1, 0.15) is 5.69 Å². The summed E-state index contributed by atoms with van der Waals surface area (Å²) >= 11 is 0. The van der Waals surface area contributed by atoms with Crippen LogP contribution in [0.2, 0.25) is 0 Å². The van der Waals surface area contributed by atoms with Gasteiger partial charge in [-0.3, -0.25) is 10.1 Å². The number of hydrogen-bond donors (Lipinski definition) is 1. The van der Waals surface area contributed by atoms with Gasteiger partial charge in [-0.25, -0.2) is 0 Å². The highest BCUT2D eigenvalue weighted by Crippen LogP contribution is 2.36. The third-order valence-corrected chi connectivity index (χ3v) is 5.08. The zero-order chi connectivity index (χ0) is 20.2. The van der Waals surface area contributed by atoms with Gasteiger partial charge in [-0.15, -0.1) is 0 Å². The lowest BCUT2D eigenvalue weighted by Crippen LogP contribution is -2.10. The van der Waals surface area contributed by atoms with Crippen molar-refractivity contribution in [1.82, 2.24) is 15.2 Å². The minimum Gasteiger partial charge on any atom is -0.281 e. The highest BCUT2D eigenvalue weighted by Gasteiger charge is 2.21. The Balaban J connectivity index is 0.000000660. The molecule has 0 atom stereocenters. The summed E-state index contributed by atoms with van der Waals surface area (Å²) in [5, 5.41) is 8.03. The summed E-state index contributed by atoms with van der Waals surface area (Å²) in [5.41, 5.74) is 5.92. The summed E-state index contributed by atoms with van der Waals surface area (Å²) in [5.74, 6) is 0.781. The Kier molecular flexibility index (Phi) is 9.47. The van der Waals surface area contributed by atoms with E-state index < -0.39 is 0 Å². The second kappa shape index (κ2) is 12.1. The molecule has 1 N–H and O–H groups in total. The first kappa shape index (κ1) is 21.9. The highest BCUT2D eigenvalue weighted by molar-refractivity contribution is 5.82. The van der Waals surface area contributed by atoms with E-state index in [1.54, 1.807) is 0 Å². The molecule has 3 heteroatoms. The molecule has 2 aromatic heterocycles. The lowest BCUT2D eigenvalue weighted by atomic mass is 9.84. The van der Waals surface area contributed by atoms with Crippen molar-refractivity contribution in [3.8, 4) is 22.4 Å². The van der Waals surface area contributed by atoms with Gasteiger partial charge in [0, 0.05) is 29.2 Å². The Morgan fingerprint density at radius 1 is 0.821 bits per heavy atom. The van der Waals surface area contributed by atoms with Crippen molar-refractivity contribution < 1.29 is 0 Å². The molecule has 0 saturated heterocycles. The Morgan fingerprint density at radius 3 is 2.11 bits per heavy atom. The van der Waals surface area contributed by atoms with E-state index in [2.05, 4.69) is 51.6 Å². The summed E-state index contributed by atoms with van der Waals surface area (Å²) in [6.45, 7) is 8.00. The molecule has 3 nitrogen and oxygen atoms in total. The van der Waals surface area contributed by atoms with Crippen LogP contribution in [0, 0.1) is 5.92 Å². The van der Waals surface area contributed by atoms with Crippen molar-refractivity contribution in [2.24, 2.45) is 5.92 Å². The van der Waals surface area contributed by atoms with Crippen molar-refractivity contribution in [2.45, 2.75) is 66.2 Å². The second-order valence-corrected chi connectivity index (χ2v) is 6.74. The average molecular weight is 378 g/mol. The number of H-pyrrole nitrogens is 1. The molecule has 0 amide bonds. The summed E-state index contributed by atoms with van der Waals surface area (Å²) in [7, 11) is 0. The van der Waals surface area contributed by atoms with Crippen LogP contribution in [0.1, 0.15) is 65.5 Å². The molecule has 1 fully saturated rings. The molecule has 4 rings (SSSR count). The van der Waals surface area contributed by atoms with Crippen LogP contribution in [-0.4, -0.2) is 15.2 Å². The van der Waals surface area contributed by atoms with Crippen molar-refractivity contribution in [3.05, 3.63) is 60.6 Å². The molecule has 0 spiro atoms.